The van der Waals surface area contributed by atoms with E-state index in [9.17, 15) is 19.5 Å². The number of ether oxygens (including phenoxy) is 3. The number of carboxylic acid groups (broad SMARTS) is 1. The Morgan fingerprint density at radius 2 is 1.66 bits per heavy atom. The Morgan fingerprint density at radius 1 is 1.02 bits per heavy atom. The molecule has 0 saturated carbocycles. The van der Waals surface area contributed by atoms with Crippen molar-refractivity contribution in [3.05, 3.63) is 83.2 Å². The summed E-state index contributed by atoms with van der Waals surface area (Å²) in [4.78, 5) is 43.9. The number of aromatic amines is 1. The number of rotatable bonds is 7. The smallest absolute Gasteiger partial charge is 0.410 e. The van der Waals surface area contributed by atoms with E-state index in [0.717, 1.165) is 22.3 Å². The van der Waals surface area contributed by atoms with Crippen LogP contribution in [0.2, 0.25) is 0 Å². The van der Waals surface area contributed by atoms with Crippen LogP contribution < -0.4 is 0 Å². The molecule has 0 bridgehead atoms. The SMILES string of the molecule is CO[C@@H]1CN(C(=O)OC(C)(C)C)C[C@H]1N(Cc1c[nH]c(C(=O)O)c1)C(=O)OCC1c2ccccc2-c2ccccc21. The number of carboxylic acids is 1. The number of nitrogens with zero attached hydrogens (tertiary/aromatic N) is 2. The minimum Gasteiger partial charge on any atom is -0.477 e. The molecule has 10 nitrogen and oxygen atoms in total. The number of hydrogen-bond acceptors (Lipinski definition) is 6. The summed E-state index contributed by atoms with van der Waals surface area (Å²) in [5, 5.41) is 9.37. The third-order valence-corrected chi connectivity index (χ3v) is 7.49. The summed E-state index contributed by atoms with van der Waals surface area (Å²) in [7, 11) is 1.53. The van der Waals surface area contributed by atoms with Gasteiger partial charge in [0.15, 0.2) is 0 Å². The van der Waals surface area contributed by atoms with Gasteiger partial charge in [0.05, 0.1) is 25.2 Å². The van der Waals surface area contributed by atoms with Crippen LogP contribution in [0.4, 0.5) is 9.59 Å². The topological polar surface area (TPSA) is 121 Å². The first-order chi connectivity index (χ1) is 19.6. The van der Waals surface area contributed by atoms with Gasteiger partial charge in [-0.05, 0) is 54.7 Å². The first-order valence-electron chi connectivity index (χ1n) is 13.6. The van der Waals surface area contributed by atoms with Gasteiger partial charge in [0, 0.05) is 25.8 Å². The second-order valence-electron chi connectivity index (χ2n) is 11.4. The van der Waals surface area contributed by atoms with E-state index in [1.165, 1.54) is 23.0 Å². The maximum atomic E-state index is 13.8. The summed E-state index contributed by atoms with van der Waals surface area (Å²) in [6.45, 7) is 5.97. The second kappa shape index (κ2) is 11.3. The lowest BCUT2D eigenvalue weighted by Gasteiger charge is -2.31. The minimum atomic E-state index is -1.10. The average molecular weight is 562 g/mol. The molecule has 1 aliphatic heterocycles. The third kappa shape index (κ3) is 5.92. The monoisotopic (exact) mass is 561 g/mol. The van der Waals surface area contributed by atoms with Crippen LogP contribution >= 0.6 is 0 Å². The maximum Gasteiger partial charge on any atom is 0.410 e. The standard InChI is InChI=1S/C31H35N3O7/c1-31(2,3)41-29(37)33-16-26(27(17-33)39-4)34(15-19-13-25(28(35)36)32-14-19)30(38)40-18-24-22-11-7-5-9-20(22)21-10-6-8-12-23(21)24/h5-14,24,26-27,32H,15-18H2,1-4H3,(H,35,36)/t26-,27-/m1/s1. The molecule has 1 aromatic heterocycles. The predicted molar refractivity (Wildman–Crippen MR) is 151 cm³/mol. The number of aromatic nitrogens is 1. The number of amides is 2. The lowest BCUT2D eigenvalue weighted by molar-refractivity contribution is 0.0237. The van der Waals surface area contributed by atoms with Crippen molar-refractivity contribution in [3.8, 4) is 11.1 Å². The zero-order valence-electron chi connectivity index (χ0n) is 23.6. The zero-order valence-corrected chi connectivity index (χ0v) is 23.6. The molecule has 2 amide bonds. The van der Waals surface area contributed by atoms with Crippen LogP contribution in [0.5, 0.6) is 0 Å². The summed E-state index contributed by atoms with van der Waals surface area (Å²) >= 11 is 0. The van der Waals surface area contributed by atoms with Crippen molar-refractivity contribution in [1.29, 1.82) is 0 Å². The molecule has 2 atom stereocenters. The molecule has 0 unspecified atom stereocenters. The van der Waals surface area contributed by atoms with Gasteiger partial charge in [-0.2, -0.15) is 0 Å². The lowest BCUT2D eigenvalue weighted by atomic mass is 9.98. The van der Waals surface area contributed by atoms with Crippen LogP contribution in [0.15, 0.2) is 60.8 Å². The molecule has 1 fully saturated rings. The molecule has 10 heteroatoms. The lowest BCUT2D eigenvalue weighted by Crippen LogP contribution is -2.47. The Labute approximate surface area is 238 Å². The van der Waals surface area contributed by atoms with Crippen molar-refractivity contribution in [1.82, 2.24) is 14.8 Å². The fraction of sp³-hybridized carbons (Fsp3) is 0.387. The predicted octanol–water partition coefficient (Wildman–Crippen LogP) is 5.10. The van der Waals surface area contributed by atoms with Crippen LogP contribution in [0.25, 0.3) is 11.1 Å². The zero-order chi connectivity index (χ0) is 29.3. The van der Waals surface area contributed by atoms with Gasteiger partial charge in [0.1, 0.15) is 17.9 Å². The van der Waals surface area contributed by atoms with Crippen molar-refractivity contribution in [2.45, 2.75) is 51.0 Å². The van der Waals surface area contributed by atoms with Gasteiger partial charge >= 0.3 is 18.2 Å². The van der Waals surface area contributed by atoms with Crippen LogP contribution in [0.1, 0.15) is 53.9 Å². The third-order valence-electron chi connectivity index (χ3n) is 7.49. The van der Waals surface area contributed by atoms with E-state index < -0.39 is 35.9 Å². The van der Waals surface area contributed by atoms with Gasteiger partial charge in [-0.25, -0.2) is 14.4 Å². The number of carbonyl (C=O) groups is 3. The number of H-pyrrole nitrogens is 1. The van der Waals surface area contributed by atoms with Gasteiger partial charge in [-0.1, -0.05) is 48.5 Å². The first kappa shape index (κ1) is 28.2. The maximum absolute atomic E-state index is 13.8. The van der Waals surface area contributed by atoms with Crippen molar-refractivity contribution < 1.29 is 33.7 Å². The average Bonchev–Trinajstić information content (AvgIpc) is 3.65. The van der Waals surface area contributed by atoms with Crippen LogP contribution in [-0.2, 0) is 20.8 Å². The molecule has 2 aliphatic rings. The van der Waals surface area contributed by atoms with E-state index in [0.29, 0.717) is 5.56 Å². The van der Waals surface area contributed by atoms with Crippen LogP contribution in [0.3, 0.4) is 0 Å². The first-order valence-corrected chi connectivity index (χ1v) is 13.6. The molecular formula is C31H35N3O7. The molecule has 2 aromatic carbocycles. The van der Waals surface area contributed by atoms with Crippen molar-refractivity contribution >= 4 is 18.2 Å². The Bertz CT molecular complexity index is 1400. The fourth-order valence-electron chi connectivity index (χ4n) is 5.61. The molecule has 2 heterocycles. The highest BCUT2D eigenvalue weighted by Crippen LogP contribution is 2.44. The minimum absolute atomic E-state index is 0.0116. The van der Waals surface area contributed by atoms with E-state index >= 15 is 0 Å². The number of fused-ring (bicyclic) bond motifs is 3. The number of hydrogen-bond donors (Lipinski definition) is 2. The van der Waals surface area contributed by atoms with E-state index in [4.69, 9.17) is 14.2 Å². The van der Waals surface area contributed by atoms with E-state index in [1.54, 1.807) is 27.0 Å². The number of benzene rings is 2. The Kier molecular flexibility index (Phi) is 7.77. The van der Waals surface area contributed by atoms with Gasteiger partial charge in [0.25, 0.3) is 0 Å². The molecule has 5 rings (SSSR count). The van der Waals surface area contributed by atoms with Crippen molar-refractivity contribution in [2.75, 3.05) is 26.8 Å². The number of likely N-dealkylation sites (tertiary alicyclic amines) is 1. The molecule has 1 aliphatic carbocycles. The number of carbonyl (C=O) groups excluding carboxylic acids is 2. The molecule has 3 aromatic rings. The number of methoxy groups -OCH3 is 1. The van der Waals surface area contributed by atoms with Crippen LogP contribution in [-0.4, -0.2) is 82.6 Å². The Morgan fingerprint density at radius 3 is 2.22 bits per heavy atom. The summed E-state index contributed by atoms with van der Waals surface area (Å²) in [5.74, 6) is -1.23. The van der Waals surface area contributed by atoms with Gasteiger partial charge in [-0.3, -0.25) is 4.90 Å². The van der Waals surface area contributed by atoms with Crippen molar-refractivity contribution in [3.63, 3.8) is 0 Å². The molecular weight excluding hydrogens is 526 g/mol. The van der Waals surface area contributed by atoms with E-state index in [2.05, 4.69) is 29.2 Å². The molecule has 41 heavy (non-hydrogen) atoms. The highest BCUT2D eigenvalue weighted by Gasteiger charge is 2.43. The number of aromatic carboxylic acids is 1. The summed E-state index contributed by atoms with van der Waals surface area (Å²) < 4.78 is 17.3. The quantitative estimate of drug-likeness (QED) is 0.412. The Hall–Kier alpha value is -4.31. The highest BCUT2D eigenvalue weighted by atomic mass is 16.6. The fourth-order valence-corrected chi connectivity index (χ4v) is 5.61. The van der Waals surface area contributed by atoms with E-state index in [-0.39, 0.29) is 37.9 Å². The Balaban J connectivity index is 1.39. The largest absolute Gasteiger partial charge is 0.477 e. The molecule has 0 radical (unpaired) electrons. The van der Waals surface area contributed by atoms with Gasteiger partial charge in [0.2, 0.25) is 0 Å². The van der Waals surface area contributed by atoms with Gasteiger partial charge in [-0.15, -0.1) is 0 Å². The summed E-state index contributed by atoms with van der Waals surface area (Å²) in [5.41, 5.74) is 4.35. The molecule has 1 saturated heterocycles. The highest BCUT2D eigenvalue weighted by molar-refractivity contribution is 5.85. The molecule has 0 spiro atoms. The second-order valence-corrected chi connectivity index (χ2v) is 11.4. The van der Waals surface area contributed by atoms with Gasteiger partial charge < -0.3 is 29.2 Å². The summed E-state index contributed by atoms with van der Waals surface area (Å²) in [6.07, 6.45) is -0.0245. The summed E-state index contributed by atoms with van der Waals surface area (Å²) in [6, 6.07) is 17.1. The number of nitrogens with one attached hydrogen (secondary N) is 1. The normalized spacial score (nSPS) is 18.1. The molecule has 2 N–H and O–H groups in total. The molecule has 216 valence electrons. The van der Waals surface area contributed by atoms with Crippen molar-refractivity contribution in [2.24, 2.45) is 0 Å². The van der Waals surface area contributed by atoms with E-state index in [1.807, 2.05) is 24.3 Å². The van der Waals surface area contributed by atoms with Crippen LogP contribution in [0, 0.1) is 0 Å².